The monoisotopic (exact) mass is 287 g/mol. The summed E-state index contributed by atoms with van der Waals surface area (Å²) in [6, 6.07) is 7.65. The van der Waals surface area contributed by atoms with Crippen molar-refractivity contribution in [3.63, 3.8) is 0 Å². The highest BCUT2D eigenvalue weighted by Crippen LogP contribution is 2.24. The maximum atomic E-state index is 13.1. The van der Waals surface area contributed by atoms with Crippen LogP contribution in [-0.4, -0.2) is 22.4 Å². The van der Waals surface area contributed by atoms with Crippen molar-refractivity contribution in [1.29, 1.82) is 0 Å². The van der Waals surface area contributed by atoms with Crippen LogP contribution in [0, 0.1) is 5.82 Å². The third-order valence-electron chi connectivity index (χ3n) is 4.11. The van der Waals surface area contributed by atoms with Gasteiger partial charge >= 0.3 is 0 Å². The molecule has 1 aromatic carbocycles. The Labute approximate surface area is 125 Å². The van der Waals surface area contributed by atoms with Crippen molar-refractivity contribution in [2.24, 2.45) is 7.05 Å². The Kier molecular flexibility index (Phi) is 4.34. The summed E-state index contributed by atoms with van der Waals surface area (Å²) in [5.41, 5.74) is 2.48. The van der Waals surface area contributed by atoms with E-state index in [4.69, 9.17) is 0 Å². The third kappa shape index (κ3) is 4.14. The number of aryl methyl sites for hydroxylation is 2. The van der Waals surface area contributed by atoms with Crippen LogP contribution in [0.2, 0.25) is 0 Å². The normalized spacial score (nSPS) is 16.1. The third-order valence-corrected chi connectivity index (χ3v) is 4.11. The molecule has 1 aliphatic rings. The number of rotatable bonds is 7. The molecule has 1 heterocycles. The molecule has 0 amide bonds. The zero-order chi connectivity index (χ0) is 14.7. The molecule has 1 aliphatic carbocycles. The van der Waals surface area contributed by atoms with Crippen LogP contribution in [0.1, 0.15) is 36.3 Å². The van der Waals surface area contributed by atoms with Gasteiger partial charge in [0.2, 0.25) is 0 Å². The van der Waals surface area contributed by atoms with Crippen LogP contribution < -0.4 is 5.32 Å². The maximum Gasteiger partial charge on any atom is 0.123 e. The van der Waals surface area contributed by atoms with Crippen molar-refractivity contribution in [1.82, 2.24) is 15.1 Å². The first-order valence-electron chi connectivity index (χ1n) is 7.67. The molecule has 21 heavy (non-hydrogen) atoms. The van der Waals surface area contributed by atoms with Crippen LogP contribution in [0.4, 0.5) is 4.39 Å². The molecule has 1 aromatic heterocycles. The summed E-state index contributed by atoms with van der Waals surface area (Å²) in [7, 11) is 1.94. The van der Waals surface area contributed by atoms with Crippen LogP contribution in [0.3, 0.4) is 0 Å². The topological polar surface area (TPSA) is 29.9 Å². The molecule has 1 fully saturated rings. The highest BCUT2D eigenvalue weighted by Gasteiger charge is 2.22. The highest BCUT2D eigenvalue weighted by molar-refractivity contribution is 5.21. The number of halogens is 1. The highest BCUT2D eigenvalue weighted by atomic mass is 19.1. The summed E-state index contributed by atoms with van der Waals surface area (Å²) in [6.07, 6.45) is 8.63. The van der Waals surface area contributed by atoms with Gasteiger partial charge in [-0.05, 0) is 54.9 Å². The van der Waals surface area contributed by atoms with Crippen molar-refractivity contribution in [3.05, 3.63) is 53.6 Å². The standard InChI is InChI=1S/C17H22FN3/c1-21-12-13(10-20-21)2-3-15(11-19-17-8-9-17)14-4-6-16(18)7-5-14/h4-7,10,12,15,17,19H,2-3,8-9,11H2,1H3. The van der Waals surface area contributed by atoms with Crippen molar-refractivity contribution < 1.29 is 4.39 Å². The molecule has 0 aliphatic heterocycles. The molecule has 112 valence electrons. The zero-order valence-electron chi connectivity index (χ0n) is 12.4. The van der Waals surface area contributed by atoms with Gasteiger partial charge in [-0.15, -0.1) is 0 Å². The molecule has 1 atom stereocenters. The van der Waals surface area contributed by atoms with E-state index in [0.717, 1.165) is 19.4 Å². The first kappa shape index (κ1) is 14.3. The summed E-state index contributed by atoms with van der Waals surface area (Å²) < 4.78 is 14.9. The summed E-state index contributed by atoms with van der Waals surface area (Å²) >= 11 is 0. The molecule has 2 aromatic rings. The number of aromatic nitrogens is 2. The van der Waals surface area contributed by atoms with E-state index in [-0.39, 0.29) is 5.82 Å². The van der Waals surface area contributed by atoms with E-state index in [2.05, 4.69) is 16.6 Å². The quantitative estimate of drug-likeness (QED) is 0.848. The lowest BCUT2D eigenvalue weighted by atomic mass is 9.93. The minimum Gasteiger partial charge on any atom is -0.313 e. The predicted octanol–water partition coefficient (Wildman–Crippen LogP) is 3.03. The number of nitrogens with one attached hydrogen (secondary N) is 1. The second-order valence-electron chi connectivity index (χ2n) is 5.99. The fourth-order valence-electron chi connectivity index (χ4n) is 2.66. The number of benzene rings is 1. The maximum absolute atomic E-state index is 13.1. The lowest BCUT2D eigenvalue weighted by Crippen LogP contribution is -2.24. The summed E-state index contributed by atoms with van der Waals surface area (Å²) in [5, 5.41) is 7.81. The first-order valence-corrected chi connectivity index (χ1v) is 7.67. The molecule has 4 heteroatoms. The van der Waals surface area contributed by atoms with Crippen LogP contribution in [-0.2, 0) is 13.5 Å². The fraction of sp³-hybridized carbons (Fsp3) is 0.471. The first-order chi connectivity index (χ1) is 10.2. The van der Waals surface area contributed by atoms with E-state index in [1.807, 2.05) is 30.1 Å². The Balaban J connectivity index is 1.63. The number of hydrogen-bond donors (Lipinski definition) is 1. The Morgan fingerprint density at radius 3 is 2.71 bits per heavy atom. The van der Waals surface area contributed by atoms with Gasteiger partial charge in [0.1, 0.15) is 5.82 Å². The van der Waals surface area contributed by atoms with Crippen LogP contribution in [0.5, 0.6) is 0 Å². The molecular formula is C17H22FN3. The number of nitrogens with zero attached hydrogens (tertiary/aromatic N) is 2. The molecule has 1 N–H and O–H groups in total. The lowest BCUT2D eigenvalue weighted by molar-refractivity contribution is 0.546. The zero-order valence-corrected chi connectivity index (χ0v) is 12.4. The minimum atomic E-state index is -0.167. The van der Waals surface area contributed by atoms with Gasteiger partial charge in [-0.2, -0.15) is 5.10 Å². The van der Waals surface area contributed by atoms with E-state index in [1.165, 1.54) is 24.0 Å². The smallest absolute Gasteiger partial charge is 0.123 e. The molecule has 0 bridgehead atoms. The summed E-state index contributed by atoms with van der Waals surface area (Å²) in [5.74, 6) is 0.256. The van der Waals surface area contributed by atoms with Gasteiger partial charge in [-0.25, -0.2) is 4.39 Å². The molecule has 0 radical (unpaired) electrons. The molecule has 3 nitrogen and oxygen atoms in total. The van der Waals surface area contributed by atoms with E-state index < -0.39 is 0 Å². The minimum absolute atomic E-state index is 0.167. The van der Waals surface area contributed by atoms with E-state index in [0.29, 0.717) is 12.0 Å². The van der Waals surface area contributed by atoms with Crippen molar-refractivity contribution in [3.8, 4) is 0 Å². The van der Waals surface area contributed by atoms with Crippen LogP contribution in [0.25, 0.3) is 0 Å². The number of hydrogen-bond acceptors (Lipinski definition) is 2. The van der Waals surface area contributed by atoms with Crippen molar-refractivity contribution in [2.45, 2.75) is 37.6 Å². The van der Waals surface area contributed by atoms with Crippen LogP contribution in [0.15, 0.2) is 36.7 Å². The van der Waals surface area contributed by atoms with Crippen molar-refractivity contribution >= 4 is 0 Å². The van der Waals surface area contributed by atoms with E-state index >= 15 is 0 Å². The second kappa shape index (κ2) is 6.39. The summed E-state index contributed by atoms with van der Waals surface area (Å²) in [6.45, 7) is 0.969. The van der Waals surface area contributed by atoms with Crippen LogP contribution >= 0.6 is 0 Å². The van der Waals surface area contributed by atoms with Gasteiger partial charge in [0.15, 0.2) is 0 Å². The largest absolute Gasteiger partial charge is 0.313 e. The molecule has 1 unspecified atom stereocenters. The van der Waals surface area contributed by atoms with Gasteiger partial charge in [-0.3, -0.25) is 4.68 Å². The second-order valence-corrected chi connectivity index (χ2v) is 5.99. The van der Waals surface area contributed by atoms with Gasteiger partial charge in [0.05, 0.1) is 6.20 Å². The average Bonchev–Trinajstić information content (AvgIpc) is 3.22. The van der Waals surface area contributed by atoms with Gasteiger partial charge in [-0.1, -0.05) is 12.1 Å². The van der Waals surface area contributed by atoms with Gasteiger partial charge < -0.3 is 5.32 Å². The van der Waals surface area contributed by atoms with E-state index in [9.17, 15) is 4.39 Å². The Bertz CT molecular complexity index is 572. The molecular weight excluding hydrogens is 265 g/mol. The molecule has 1 saturated carbocycles. The average molecular weight is 287 g/mol. The SMILES string of the molecule is Cn1cc(CCC(CNC2CC2)c2ccc(F)cc2)cn1. The Morgan fingerprint density at radius 2 is 2.10 bits per heavy atom. The summed E-state index contributed by atoms with van der Waals surface area (Å²) in [4.78, 5) is 0. The van der Waals surface area contributed by atoms with Crippen molar-refractivity contribution in [2.75, 3.05) is 6.54 Å². The Morgan fingerprint density at radius 1 is 1.33 bits per heavy atom. The van der Waals surface area contributed by atoms with Gasteiger partial charge in [0, 0.05) is 25.8 Å². The molecule has 0 spiro atoms. The lowest BCUT2D eigenvalue weighted by Gasteiger charge is -2.18. The fourth-order valence-corrected chi connectivity index (χ4v) is 2.66. The van der Waals surface area contributed by atoms with Gasteiger partial charge in [0.25, 0.3) is 0 Å². The predicted molar refractivity (Wildman–Crippen MR) is 81.7 cm³/mol. The van der Waals surface area contributed by atoms with E-state index in [1.54, 1.807) is 12.1 Å². The molecule has 0 saturated heterocycles. The molecule has 3 rings (SSSR count). The Hall–Kier alpha value is -1.68.